The Morgan fingerprint density at radius 3 is 2.67 bits per heavy atom. The van der Waals surface area contributed by atoms with Gasteiger partial charge in [-0.15, -0.1) is 0 Å². The molecule has 0 radical (unpaired) electrons. The lowest BCUT2D eigenvalue weighted by Crippen LogP contribution is -2.51. The summed E-state index contributed by atoms with van der Waals surface area (Å²) in [4.78, 5) is 25.4. The summed E-state index contributed by atoms with van der Waals surface area (Å²) in [5, 5.41) is 5.35. The van der Waals surface area contributed by atoms with E-state index < -0.39 is 0 Å². The second-order valence-electron chi connectivity index (χ2n) is 4.26. The summed E-state index contributed by atoms with van der Waals surface area (Å²) in [5.41, 5.74) is 1.12. The van der Waals surface area contributed by atoms with Crippen molar-refractivity contribution in [3.05, 3.63) is 11.3 Å². The van der Waals surface area contributed by atoms with Crippen molar-refractivity contribution in [2.24, 2.45) is 0 Å². The Hall–Kier alpha value is -1.56. The zero-order chi connectivity index (χ0) is 13.7. The maximum Gasteiger partial charge on any atom is 0.337 e. The van der Waals surface area contributed by atoms with E-state index in [4.69, 9.17) is 4.74 Å². The van der Waals surface area contributed by atoms with Crippen LogP contribution in [0.1, 0.15) is 20.8 Å². The molecule has 18 heavy (non-hydrogen) atoms. The zero-order valence-electron chi connectivity index (χ0n) is 11.4. The molecule has 0 fully saturated rings. The lowest BCUT2D eigenvalue weighted by Gasteiger charge is -2.28. The normalized spacial score (nSPS) is 19.6. The first-order chi connectivity index (χ1) is 8.49. The monoisotopic (exact) mass is 255 g/mol. The van der Waals surface area contributed by atoms with Crippen LogP contribution in [0.4, 0.5) is 4.79 Å². The molecule has 1 aliphatic rings. The first kappa shape index (κ1) is 14.5. The molecule has 2 amide bonds. The number of nitrogens with one attached hydrogen (secondary N) is 2. The Labute approximate surface area is 107 Å². The Morgan fingerprint density at radius 2 is 2.11 bits per heavy atom. The summed E-state index contributed by atoms with van der Waals surface area (Å²) in [5.74, 6) is -0.378. The highest BCUT2D eigenvalue weighted by Crippen LogP contribution is 2.14. The molecule has 0 saturated carbocycles. The largest absolute Gasteiger partial charge is 0.463 e. The number of esters is 1. The van der Waals surface area contributed by atoms with Crippen LogP contribution >= 0.6 is 0 Å². The number of nitrogens with zero attached hydrogens (tertiary/aromatic N) is 1. The molecular formula is C12H21N3O3. The molecule has 6 nitrogen and oxygen atoms in total. The van der Waals surface area contributed by atoms with Gasteiger partial charge < -0.3 is 20.3 Å². The van der Waals surface area contributed by atoms with E-state index in [0.717, 1.165) is 6.54 Å². The number of ether oxygens (including phenoxy) is 1. The Kier molecular flexibility index (Phi) is 5.15. The number of carbonyl (C=O) groups is 2. The predicted octanol–water partition coefficient (Wildman–Crippen LogP) is 0.457. The van der Waals surface area contributed by atoms with Gasteiger partial charge in [0, 0.05) is 12.2 Å². The standard InChI is InChI=1S/C12H21N3O3/c1-5-15(4)7-9-10(11(16)18-6-2)8(3)13-12(17)14-9/h8H,5-7H2,1-4H3,(H2,13,14,17). The van der Waals surface area contributed by atoms with E-state index >= 15 is 0 Å². The quantitative estimate of drug-likeness (QED) is 0.700. The van der Waals surface area contributed by atoms with Crippen LogP contribution in [0.3, 0.4) is 0 Å². The average Bonchev–Trinajstić information content (AvgIpc) is 2.28. The first-order valence-electron chi connectivity index (χ1n) is 6.15. The molecule has 0 aliphatic carbocycles. The highest BCUT2D eigenvalue weighted by molar-refractivity contribution is 5.94. The van der Waals surface area contributed by atoms with Crippen LogP contribution in [0.15, 0.2) is 11.3 Å². The molecule has 0 saturated heterocycles. The van der Waals surface area contributed by atoms with Gasteiger partial charge in [-0.1, -0.05) is 6.92 Å². The van der Waals surface area contributed by atoms with Crippen molar-refractivity contribution >= 4 is 12.0 Å². The number of likely N-dealkylation sites (N-methyl/N-ethyl adjacent to an activating group) is 1. The van der Waals surface area contributed by atoms with Crippen molar-refractivity contribution in [2.45, 2.75) is 26.8 Å². The zero-order valence-corrected chi connectivity index (χ0v) is 11.4. The van der Waals surface area contributed by atoms with Crippen LogP contribution in [0.25, 0.3) is 0 Å². The minimum absolute atomic E-state index is 0.282. The van der Waals surface area contributed by atoms with Gasteiger partial charge in [-0.25, -0.2) is 9.59 Å². The number of carbonyl (C=O) groups excluding carboxylic acids is 2. The third-order valence-corrected chi connectivity index (χ3v) is 2.83. The molecule has 1 unspecified atom stereocenters. The lowest BCUT2D eigenvalue weighted by atomic mass is 10.0. The van der Waals surface area contributed by atoms with Crippen molar-refractivity contribution in [1.29, 1.82) is 0 Å². The van der Waals surface area contributed by atoms with Gasteiger partial charge in [0.1, 0.15) is 0 Å². The van der Waals surface area contributed by atoms with Crippen LogP contribution in [0.5, 0.6) is 0 Å². The maximum absolute atomic E-state index is 11.9. The lowest BCUT2D eigenvalue weighted by molar-refractivity contribution is -0.139. The van der Waals surface area contributed by atoms with Gasteiger partial charge in [0.05, 0.1) is 18.2 Å². The molecule has 1 atom stereocenters. The van der Waals surface area contributed by atoms with Gasteiger partial charge in [-0.2, -0.15) is 0 Å². The van der Waals surface area contributed by atoms with E-state index in [1.165, 1.54) is 0 Å². The topological polar surface area (TPSA) is 70.7 Å². The molecule has 0 aromatic rings. The van der Waals surface area contributed by atoms with E-state index in [2.05, 4.69) is 10.6 Å². The van der Waals surface area contributed by atoms with Gasteiger partial charge in [0.25, 0.3) is 0 Å². The summed E-state index contributed by atoms with van der Waals surface area (Å²) in [6.45, 7) is 7.21. The summed E-state index contributed by atoms with van der Waals surface area (Å²) in [7, 11) is 1.93. The third-order valence-electron chi connectivity index (χ3n) is 2.83. The number of hydrogen-bond acceptors (Lipinski definition) is 4. The van der Waals surface area contributed by atoms with E-state index in [1.807, 2.05) is 18.9 Å². The molecular weight excluding hydrogens is 234 g/mol. The van der Waals surface area contributed by atoms with Gasteiger partial charge >= 0.3 is 12.0 Å². The molecule has 1 heterocycles. The fourth-order valence-electron chi connectivity index (χ4n) is 1.79. The smallest absolute Gasteiger partial charge is 0.337 e. The van der Waals surface area contributed by atoms with Crippen molar-refractivity contribution in [1.82, 2.24) is 15.5 Å². The van der Waals surface area contributed by atoms with Crippen molar-refractivity contribution in [3.8, 4) is 0 Å². The Bertz CT molecular complexity index is 366. The third kappa shape index (κ3) is 3.46. The first-order valence-corrected chi connectivity index (χ1v) is 6.15. The number of urea groups is 1. The molecule has 1 aliphatic heterocycles. The SMILES string of the molecule is CCOC(=O)C1=C(CN(C)CC)NC(=O)NC1C. The average molecular weight is 255 g/mol. The van der Waals surface area contributed by atoms with Crippen molar-refractivity contribution in [3.63, 3.8) is 0 Å². The highest BCUT2D eigenvalue weighted by atomic mass is 16.5. The fraction of sp³-hybridized carbons (Fsp3) is 0.667. The van der Waals surface area contributed by atoms with E-state index in [1.54, 1.807) is 13.8 Å². The number of amides is 2. The minimum atomic E-state index is -0.378. The van der Waals surface area contributed by atoms with E-state index in [9.17, 15) is 9.59 Å². The van der Waals surface area contributed by atoms with Crippen molar-refractivity contribution < 1.29 is 14.3 Å². The highest BCUT2D eigenvalue weighted by Gasteiger charge is 2.29. The van der Waals surface area contributed by atoms with Crippen LogP contribution in [0, 0.1) is 0 Å². The van der Waals surface area contributed by atoms with E-state index in [0.29, 0.717) is 24.4 Å². The molecule has 0 aromatic carbocycles. The number of hydrogen-bond donors (Lipinski definition) is 2. The maximum atomic E-state index is 11.9. The van der Waals surface area contributed by atoms with Gasteiger partial charge in [0.15, 0.2) is 0 Å². The molecule has 0 bridgehead atoms. The predicted molar refractivity (Wildman–Crippen MR) is 68.0 cm³/mol. The summed E-state index contributed by atoms with van der Waals surface area (Å²) >= 11 is 0. The van der Waals surface area contributed by atoms with Crippen LogP contribution in [-0.4, -0.2) is 49.7 Å². The van der Waals surface area contributed by atoms with Crippen molar-refractivity contribution in [2.75, 3.05) is 26.7 Å². The number of rotatable bonds is 5. The minimum Gasteiger partial charge on any atom is -0.463 e. The van der Waals surface area contributed by atoms with Gasteiger partial charge in [-0.05, 0) is 27.4 Å². The fourth-order valence-corrected chi connectivity index (χ4v) is 1.79. The molecule has 0 spiro atoms. The second kappa shape index (κ2) is 6.39. The summed E-state index contributed by atoms with van der Waals surface area (Å²) in [6.07, 6.45) is 0. The molecule has 1 rings (SSSR count). The molecule has 0 aromatic heterocycles. The Morgan fingerprint density at radius 1 is 1.44 bits per heavy atom. The van der Waals surface area contributed by atoms with Crippen LogP contribution in [-0.2, 0) is 9.53 Å². The molecule has 2 N–H and O–H groups in total. The molecule has 102 valence electrons. The summed E-state index contributed by atoms with van der Waals surface area (Å²) in [6, 6.07) is -0.617. The van der Waals surface area contributed by atoms with E-state index in [-0.39, 0.29) is 18.0 Å². The summed E-state index contributed by atoms with van der Waals surface area (Å²) < 4.78 is 5.03. The van der Waals surface area contributed by atoms with Crippen LogP contribution < -0.4 is 10.6 Å². The Balaban J connectivity index is 3.00. The van der Waals surface area contributed by atoms with Gasteiger partial charge in [0.2, 0.25) is 0 Å². The van der Waals surface area contributed by atoms with Gasteiger partial charge in [-0.3, -0.25) is 0 Å². The van der Waals surface area contributed by atoms with Crippen LogP contribution in [0.2, 0.25) is 0 Å². The molecule has 6 heteroatoms. The second-order valence-corrected chi connectivity index (χ2v) is 4.26.